The molecule has 1 aliphatic rings. The van der Waals surface area contributed by atoms with Crippen molar-refractivity contribution in [3.63, 3.8) is 0 Å². The maximum Gasteiger partial charge on any atom is 0.335 e. The van der Waals surface area contributed by atoms with E-state index in [4.69, 9.17) is 16.0 Å². The lowest BCUT2D eigenvalue weighted by Crippen LogP contribution is -2.54. The SMILES string of the molecule is O=C1NC(=O)N(c2ccc(Br)cc2)C(=O)/C1=C/c1ccc(-c2cccc(Cl)c2)o1. The third-order valence-corrected chi connectivity index (χ3v) is 4.97. The maximum atomic E-state index is 12.9. The molecule has 144 valence electrons. The van der Waals surface area contributed by atoms with Gasteiger partial charge in [0.1, 0.15) is 17.1 Å². The molecule has 8 heteroatoms. The molecule has 1 fully saturated rings. The summed E-state index contributed by atoms with van der Waals surface area (Å²) in [4.78, 5) is 38.2. The molecule has 0 bridgehead atoms. The highest BCUT2D eigenvalue weighted by Crippen LogP contribution is 2.27. The van der Waals surface area contributed by atoms with Gasteiger partial charge in [-0.15, -0.1) is 0 Å². The number of rotatable bonds is 3. The van der Waals surface area contributed by atoms with Crippen LogP contribution >= 0.6 is 27.5 Å². The highest BCUT2D eigenvalue weighted by Gasteiger charge is 2.37. The molecule has 0 radical (unpaired) electrons. The Morgan fingerprint density at radius 1 is 1.00 bits per heavy atom. The van der Waals surface area contributed by atoms with E-state index in [9.17, 15) is 14.4 Å². The molecule has 2 heterocycles. The van der Waals surface area contributed by atoms with Gasteiger partial charge in [-0.05, 0) is 54.6 Å². The lowest BCUT2D eigenvalue weighted by Gasteiger charge is -2.26. The zero-order valence-corrected chi connectivity index (χ0v) is 17.0. The Hall–Kier alpha value is -3.16. The topological polar surface area (TPSA) is 79.6 Å². The summed E-state index contributed by atoms with van der Waals surface area (Å²) in [6.07, 6.45) is 1.31. The summed E-state index contributed by atoms with van der Waals surface area (Å²) < 4.78 is 6.52. The van der Waals surface area contributed by atoms with E-state index in [1.807, 2.05) is 6.07 Å². The van der Waals surface area contributed by atoms with Crippen molar-refractivity contribution >= 4 is 57.1 Å². The van der Waals surface area contributed by atoms with Crippen LogP contribution in [0.4, 0.5) is 10.5 Å². The second-order valence-electron chi connectivity index (χ2n) is 6.15. The summed E-state index contributed by atoms with van der Waals surface area (Å²) in [7, 11) is 0. The van der Waals surface area contributed by atoms with Crippen LogP contribution in [-0.4, -0.2) is 17.8 Å². The first-order chi connectivity index (χ1) is 13.9. The van der Waals surface area contributed by atoms with Gasteiger partial charge < -0.3 is 4.42 Å². The summed E-state index contributed by atoms with van der Waals surface area (Å²) in [5.74, 6) is -0.691. The number of hydrogen-bond acceptors (Lipinski definition) is 4. The molecule has 2 aromatic carbocycles. The van der Waals surface area contributed by atoms with Gasteiger partial charge in [-0.3, -0.25) is 14.9 Å². The quantitative estimate of drug-likeness (QED) is 0.429. The summed E-state index contributed by atoms with van der Waals surface area (Å²) in [6.45, 7) is 0. The molecule has 4 amide bonds. The normalized spacial score (nSPS) is 15.7. The Bertz CT molecular complexity index is 1170. The van der Waals surface area contributed by atoms with E-state index in [0.717, 1.165) is 14.9 Å². The molecule has 0 saturated carbocycles. The average Bonchev–Trinajstić information content (AvgIpc) is 3.15. The minimum absolute atomic E-state index is 0.209. The third kappa shape index (κ3) is 3.87. The standard InChI is InChI=1S/C21H12BrClN2O4/c22-13-4-6-15(7-5-13)25-20(27)17(19(26)24-21(25)28)11-16-8-9-18(29-16)12-2-1-3-14(23)10-12/h1-11H,(H,24,26,28)/b17-11+. The second kappa shape index (κ2) is 7.69. The monoisotopic (exact) mass is 470 g/mol. The molecule has 6 nitrogen and oxygen atoms in total. The third-order valence-electron chi connectivity index (χ3n) is 4.21. The van der Waals surface area contributed by atoms with E-state index >= 15 is 0 Å². The van der Waals surface area contributed by atoms with Crippen molar-refractivity contribution in [3.05, 3.63) is 81.5 Å². The van der Waals surface area contributed by atoms with Gasteiger partial charge >= 0.3 is 6.03 Å². The minimum Gasteiger partial charge on any atom is -0.457 e. The molecule has 1 aromatic heterocycles. The van der Waals surface area contributed by atoms with E-state index < -0.39 is 17.8 Å². The van der Waals surface area contributed by atoms with Crippen molar-refractivity contribution in [2.24, 2.45) is 0 Å². The van der Waals surface area contributed by atoms with Crippen LogP contribution in [0.3, 0.4) is 0 Å². The van der Waals surface area contributed by atoms with Gasteiger partial charge in [0, 0.05) is 15.1 Å². The number of carbonyl (C=O) groups is 3. The lowest BCUT2D eigenvalue weighted by atomic mass is 10.1. The van der Waals surface area contributed by atoms with Crippen LogP contribution in [0, 0.1) is 0 Å². The van der Waals surface area contributed by atoms with E-state index in [-0.39, 0.29) is 5.57 Å². The molecular formula is C21H12BrClN2O4. The number of carbonyl (C=O) groups excluding carboxylic acids is 3. The molecule has 3 aromatic rings. The summed E-state index contributed by atoms with van der Waals surface area (Å²) >= 11 is 9.30. The van der Waals surface area contributed by atoms with Crippen molar-refractivity contribution in [2.45, 2.75) is 0 Å². The van der Waals surface area contributed by atoms with Gasteiger partial charge in [-0.25, -0.2) is 9.69 Å². The largest absolute Gasteiger partial charge is 0.457 e. The van der Waals surface area contributed by atoms with E-state index in [1.165, 1.54) is 6.08 Å². The minimum atomic E-state index is -0.807. The number of furan rings is 1. The number of imide groups is 2. The number of anilines is 1. The van der Waals surface area contributed by atoms with E-state index in [1.54, 1.807) is 54.6 Å². The number of barbiturate groups is 1. The Kier molecular flexibility index (Phi) is 5.08. The van der Waals surface area contributed by atoms with Crippen molar-refractivity contribution in [2.75, 3.05) is 4.90 Å². The molecule has 1 aliphatic heterocycles. The van der Waals surface area contributed by atoms with Crippen molar-refractivity contribution < 1.29 is 18.8 Å². The fourth-order valence-corrected chi connectivity index (χ4v) is 3.31. The van der Waals surface area contributed by atoms with Gasteiger partial charge in [0.05, 0.1) is 5.69 Å². The second-order valence-corrected chi connectivity index (χ2v) is 7.50. The number of nitrogens with zero attached hydrogens (tertiary/aromatic N) is 1. The molecule has 0 spiro atoms. The molecule has 0 atom stereocenters. The molecule has 0 aliphatic carbocycles. The van der Waals surface area contributed by atoms with Crippen LogP contribution < -0.4 is 10.2 Å². The Labute approximate surface area is 178 Å². The maximum absolute atomic E-state index is 12.9. The van der Waals surface area contributed by atoms with Crippen molar-refractivity contribution in [1.82, 2.24) is 5.32 Å². The smallest absolute Gasteiger partial charge is 0.335 e. The van der Waals surface area contributed by atoms with Crippen LogP contribution in [-0.2, 0) is 9.59 Å². The van der Waals surface area contributed by atoms with Crippen LogP contribution in [0.2, 0.25) is 5.02 Å². The zero-order valence-electron chi connectivity index (χ0n) is 14.7. The Morgan fingerprint density at radius 2 is 1.76 bits per heavy atom. The van der Waals surface area contributed by atoms with E-state index in [2.05, 4.69) is 21.2 Å². The van der Waals surface area contributed by atoms with Crippen molar-refractivity contribution in [1.29, 1.82) is 0 Å². The number of hydrogen-bond donors (Lipinski definition) is 1. The number of amides is 4. The van der Waals surface area contributed by atoms with E-state index in [0.29, 0.717) is 22.2 Å². The fourth-order valence-electron chi connectivity index (χ4n) is 2.85. The molecule has 1 N–H and O–H groups in total. The summed E-state index contributed by atoms with van der Waals surface area (Å²) in [5.41, 5.74) is 0.890. The molecular weight excluding hydrogens is 460 g/mol. The zero-order chi connectivity index (χ0) is 20.5. The number of urea groups is 1. The molecule has 29 heavy (non-hydrogen) atoms. The highest BCUT2D eigenvalue weighted by atomic mass is 79.9. The predicted octanol–water partition coefficient (Wildman–Crippen LogP) is 5.03. The van der Waals surface area contributed by atoms with Gasteiger partial charge in [0.15, 0.2) is 0 Å². The first-order valence-electron chi connectivity index (χ1n) is 8.45. The van der Waals surface area contributed by atoms with Crippen LogP contribution in [0.25, 0.3) is 17.4 Å². The Balaban J connectivity index is 1.67. The fraction of sp³-hybridized carbons (Fsp3) is 0. The van der Waals surface area contributed by atoms with Crippen LogP contribution in [0.1, 0.15) is 5.76 Å². The summed E-state index contributed by atoms with van der Waals surface area (Å²) in [6, 6.07) is 16.2. The highest BCUT2D eigenvalue weighted by molar-refractivity contribution is 9.10. The number of nitrogens with one attached hydrogen (secondary N) is 1. The number of halogens is 2. The first-order valence-corrected chi connectivity index (χ1v) is 9.62. The van der Waals surface area contributed by atoms with Gasteiger partial charge in [-0.2, -0.15) is 0 Å². The van der Waals surface area contributed by atoms with Gasteiger partial charge in [0.2, 0.25) is 0 Å². The molecule has 4 rings (SSSR count). The van der Waals surface area contributed by atoms with Gasteiger partial charge in [-0.1, -0.05) is 39.7 Å². The molecule has 0 unspecified atom stereocenters. The van der Waals surface area contributed by atoms with Crippen molar-refractivity contribution in [3.8, 4) is 11.3 Å². The van der Waals surface area contributed by atoms with Crippen LogP contribution in [0.5, 0.6) is 0 Å². The lowest BCUT2D eigenvalue weighted by molar-refractivity contribution is -0.122. The number of benzene rings is 2. The molecule has 1 saturated heterocycles. The summed E-state index contributed by atoms with van der Waals surface area (Å²) in [5, 5.41) is 2.74. The predicted molar refractivity (Wildman–Crippen MR) is 112 cm³/mol. The Morgan fingerprint density at radius 3 is 2.48 bits per heavy atom. The van der Waals surface area contributed by atoms with Crippen LogP contribution in [0.15, 0.2) is 75.1 Å². The van der Waals surface area contributed by atoms with Gasteiger partial charge in [0.25, 0.3) is 11.8 Å². The first kappa shape index (κ1) is 19.2. The average molecular weight is 472 g/mol.